The Morgan fingerprint density at radius 2 is 1.85 bits per heavy atom. The molecule has 1 atom stereocenters. The van der Waals surface area contributed by atoms with Crippen molar-refractivity contribution >= 4 is 17.6 Å². The van der Waals surface area contributed by atoms with Crippen molar-refractivity contribution in [1.82, 2.24) is 10.6 Å². The molecule has 0 aliphatic heterocycles. The molecule has 5 heteroatoms. The summed E-state index contributed by atoms with van der Waals surface area (Å²) in [5.41, 5.74) is 1.67. The lowest BCUT2D eigenvalue weighted by molar-refractivity contribution is -0.125. The zero-order valence-electron chi connectivity index (χ0n) is 11.4. The third-order valence-corrected chi connectivity index (χ3v) is 3.38. The highest BCUT2D eigenvalue weighted by molar-refractivity contribution is 6.01. The molecule has 2 N–H and O–H groups in total. The van der Waals surface area contributed by atoms with E-state index in [1.165, 1.54) is 6.92 Å². The van der Waals surface area contributed by atoms with Gasteiger partial charge in [-0.05, 0) is 12.0 Å². The maximum atomic E-state index is 12.0. The van der Waals surface area contributed by atoms with Crippen LogP contribution in [0.15, 0.2) is 24.3 Å². The lowest BCUT2D eigenvalue weighted by atomic mass is 9.82. The number of benzene rings is 1. The predicted molar refractivity (Wildman–Crippen MR) is 74.3 cm³/mol. The minimum absolute atomic E-state index is 0.0221. The smallest absolute Gasteiger partial charge is 0.223 e. The van der Waals surface area contributed by atoms with E-state index in [9.17, 15) is 14.4 Å². The second-order valence-corrected chi connectivity index (χ2v) is 4.96. The van der Waals surface area contributed by atoms with Crippen LogP contribution >= 0.6 is 0 Å². The number of amides is 2. The SMILES string of the molecule is CC(=O)NCCNC(=O)C1CC(=O)c2ccccc2C1. The third kappa shape index (κ3) is 3.44. The highest BCUT2D eigenvalue weighted by Gasteiger charge is 2.29. The standard InChI is InChI=1S/C15H18N2O3/c1-10(18)16-6-7-17-15(20)12-8-11-4-2-3-5-13(11)14(19)9-12/h2-5,12H,6-9H2,1H3,(H,16,18)(H,17,20). The lowest BCUT2D eigenvalue weighted by Crippen LogP contribution is -2.39. The summed E-state index contributed by atoms with van der Waals surface area (Å²) in [6.07, 6.45) is 0.844. The van der Waals surface area contributed by atoms with Crippen LogP contribution in [0.1, 0.15) is 29.3 Å². The van der Waals surface area contributed by atoms with Crippen LogP contribution in [0.4, 0.5) is 0 Å². The van der Waals surface area contributed by atoms with Gasteiger partial charge in [0.05, 0.1) is 0 Å². The van der Waals surface area contributed by atoms with E-state index in [1.54, 1.807) is 0 Å². The van der Waals surface area contributed by atoms with Crippen LogP contribution in [-0.2, 0) is 16.0 Å². The normalized spacial score (nSPS) is 17.2. The first kappa shape index (κ1) is 14.2. The van der Waals surface area contributed by atoms with Crippen molar-refractivity contribution < 1.29 is 14.4 Å². The fraction of sp³-hybridized carbons (Fsp3) is 0.400. The molecule has 20 heavy (non-hydrogen) atoms. The number of rotatable bonds is 4. The number of nitrogens with one attached hydrogen (secondary N) is 2. The van der Waals surface area contributed by atoms with Gasteiger partial charge in [0.15, 0.2) is 5.78 Å². The van der Waals surface area contributed by atoms with Gasteiger partial charge < -0.3 is 10.6 Å². The molecule has 1 aliphatic carbocycles. The van der Waals surface area contributed by atoms with Gasteiger partial charge in [0, 0.05) is 37.9 Å². The topological polar surface area (TPSA) is 75.3 Å². The average molecular weight is 274 g/mol. The zero-order chi connectivity index (χ0) is 14.5. The van der Waals surface area contributed by atoms with E-state index in [1.807, 2.05) is 24.3 Å². The highest BCUT2D eigenvalue weighted by atomic mass is 16.2. The summed E-state index contributed by atoms with van der Waals surface area (Å²) < 4.78 is 0. The van der Waals surface area contributed by atoms with E-state index < -0.39 is 0 Å². The Morgan fingerprint density at radius 3 is 2.60 bits per heavy atom. The molecule has 0 saturated carbocycles. The predicted octanol–water partition coefficient (Wildman–Crippen LogP) is 0.684. The van der Waals surface area contributed by atoms with E-state index in [4.69, 9.17) is 0 Å². The van der Waals surface area contributed by atoms with Crippen LogP contribution in [0.2, 0.25) is 0 Å². The zero-order valence-corrected chi connectivity index (χ0v) is 11.4. The maximum absolute atomic E-state index is 12.0. The largest absolute Gasteiger partial charge is 0.355 e. The molecule has 0 radical (unpaired) electrons. The van der Waals surface area contributed by atoms with Gasteiger partial charge in [0.1, 0.15) is 0 Å². The molecule has 0 saturated heterocycles. The second-order valence-electron chi connectivity index (χ2n) is 4.96. The van der Waals surface area contributed by atoms with Crippen molar-refractivity contribution in [3.05, 3.63) is 35.4 Å². The summed E-state index contributed by atoms with van der Waals surface area (Å²) in [4.78, 5) is 34.7. The van der Waals surface area contributed by atoms with E-state index >= 15 is 0 Å². The van der Waals surface area contributed by atoms with Crippen molar-refractivity contribution in [1.29, 1.82) is 0 Å². The van der Waals surface area contributed by atoms with Gasteiger partial charge in [0.2, 0.25) is 11.8 Å². The van der Waals surface area contributed by atoms with Crippen molar-refractivity contribution in [2.24, 2.45) is 5.92 Å². The Balaban J connectivity index is 1.90. The van der Waals surface area contributed by atoms with E-state index in [2.05, 4.69) is 10.6 Å². The maximum Gasteiger partial charge on any atom is 0.223 e. The Hall–Kier alpha value is -2.17. The number of carbonyl (C=O) groups is 3. The molecule has 2 rings (SSSR count). The van der Waals surface area contributed by atoms with Crippen molar-refractivity contribution in [2.45, 2.75) is 19.8 Å². The fourth-order valence-corrected chi connectivity index (χ4v) is 2.40. The van der Waals surface area contributed by atoms with Gasteiger partial charge in [0.25, 0.3) is 0 Å². The van der Waals surface area contributed by atoms with Crippen LogP contribution in [0.3, 0.4) is 0 Å². The first-order valence-electron chi connectivity index (χ1n) is 6.71. The first-order valence-corrected chi connectivity index (χ1v) is 6.71. The van der Waals surface area contributed by atoms with Gasteiger partial charge in [-0.15, -0.1) is 0 Å². The summed E-state index contributed by atoms with van der Waals surface area (Å²) in [6.45, 7) is 2.21. The summed E-state index contributed by atoms with van der Waals surface area (Å²) in [7, 11) is 0. The van der Waals surface area contributed by atoms with Crippen LogP contribution in [0, 0.1) is 5.92 Å². The molecule has 0 fully saturated rings. The van der Waals surface area contributed by atoms with E-state index in [0.717, 1.165) is 11.1 Å². The van der Waals surface area contributed by atoms with Gasteiger partial charge in [-0.2, -0.15) is 0 Å². The van der Waals surface area contributed by atoms with Crippen LogP contribution in [0.25, 0.3) is 0 Å². The monoisotopic (exact) mass is 274 g/mol. The molecular formula is C15H18N2O3. The molecule has 0 bridgehead atoms. The molecule has 1 aliphatic rings. The lowest BCUT2D eigenvalue weighted by Gasteiger charge is -2.22. The van der Waals surface area contributed by atoms with Gasteiger partial charge in [-0.3, -0.25) is 14.4 Å². The molecule has 0 aromatic heterocycles. The number of fused-ring (bicyclic) bond motifs is 1. The molecule has 1 aromatic carbocycles. The third-order valence-electron chi connectivity index (χ3n) is 3.38. The molecule has 1 unspecified atom stereocenters. The van der Waals surface area contributed by atoms with Gasteiger partial charge >= 0.3 is 0 Å². The average Bonchev–Trinajstić information content (AvgIpc) is 2.43. The number of carbonyl (C=O) groups excluding carboxylic acids is 3. The Kier molecular flexibility index (Phi) is 4.50. The Morgan fingerprint density at radius 1 is 1.15 bits per heavy atom. The van der Waals surface area contributed by atoms with Crippen LogP contribution in [-0.4, -0.2) is 30.7 Å². The minimum atomic E-state index is -0.310. The summed E-state index contributed by atoms with van der Waals surface area (Å²) in [5, 5.41) is 5.36. The molecule has 0 heterocycles. The molecule has 106 valence electrons. The molecule has 5 nitrogen and oxygen atoms in total. The molecule has 2 amide bonds. The van der Waals surface area contributed by atoms with E-state index in [-0.39, 0.29) is 29.9 Å². The second kappa shape index (κ2) is 6.32. The first-order chi connectivity index (χ1) is 9.58. The van der Waals surface area contributed by atoms with E-state index in [0.29, 0.717) is 19.5 Å². The summed E-state index contributed by atoms with van der Waals surface area (Å²) in [6, 6.07) is 7.42. The number of hydrogen-bond acceptors (Lipinski definition) is 3. The van der Waals surface area contributed by atoms with Crippen LogP contribution < -0.4 is 10.6 Å². The Labute approximate surface area is 117 Å². The number of ketones is 1. The van der Waals surface area contributed by atoms with Crippen molar-refractivity contribution in [2.75, 3.05) is 13.1 Å². The van der Waals surface area contributed by atoms with Crippen molar-refractivity contribution in [3.8, 4) is 0 Å². The molecule has 0 spiro atoms. The van der Waals surface area contributed by atoms with Crippen molar-refractivity contribution in [3.63, 3.8) is 0 Å². The highest BCUT2D eigenvalue weighted by Crippen LogP contribution is 2.25. The Bertz CT molecular complexity index is 540. The minimum Gasteiger partial charge on any atom is -0.355 e. The van der Waals surface area contributed by atoms with Gasteiger partial charge in [-0.25, -0.2) is 0 Å². The van der Waals surface area contributed by atoms with Gasteiger partial charge in [-0.1, -0.05) is 24.3 Å². The quantitative estimate of drug-likeness (QED) is 0.793. The summed E-state index contributed by atoms with van der Waals surface area (Å²) >= 11 is 0. The molecular weight excluding hydrogens is 256 g/mol. The fourth-order valence-electron chi connectivity index (χ4n) is 2.40. The summed E-state index contributed by atoms with van der Waals surface area (Å²) in [5.74, 6) is -0.539. The number of hydrogen-bond donors (Lipinski definition) is 2. The molecule has 1 aromatic rings. The number of Topliss-reactive ketones (excluding diaryl/α,β-unsaturated/α-hetero) is 1. The van der Waals surface area contributed by atoms with Crippen LogP contribution in [0.5, 0.6) is 0 Å².